The summed E-state index contributed by atoms with van der Waals surface area (Å²) in [6, 6.07) is 3.20. The van der Waals surface area contributed by atoms with E-state index in [1.54, 1.807) is 29.2 Å². The van der Waals surface area contributed by atoms with Crippen molar-refractivity contribution in [3.63, 3.8) is 0 Å². The van der Waals surface area contributed by atoms with Crippen LogP contribution < -0.4 is 0 Å². The van der Waals surface area contributed by atoms with E-state index in [-0.39, 0.29) is 4.90 Å². The van der Waals surface area contributed by atoms with Gasteiger partial charge < -0.3 is 9.80 Å². The van der Waals surface area contributed by atoms with Crippen LogP contribution >= 0.6 is 0 Å². The van der Waals surface area contributed by atoms with Crippen LogP contribution in [0, 0.1) is 0 Å². The standard InChI is InChI=1S/C13H15F3N2O3S/c1-3-18-9-8-17(2)12(18)21-22(19,20)11-6-4-10(5-7-11)13(14,15)16/h4-9,12H,3H2,1-2H3. The Balaban J connectivity index is 2.20. The molecule has 0 aromatic heterocycles. The number of halogens is 3. The molecule has 22 heavy (non-hydrogen) atoms. The van der Waals surface area contributed by atoms with Crippen LogP contribution in [0.15, 0.2) is 41.6 Å². The fraction of sp³-hybridized carbons (Fsp3) is 0.385. The molecule has 1 unspecified atom stereocenters. The SMILES string of the molecule is CCN1C=CN(C)C1OS(=O)(=O)c1ccc(C(F)(F)F)cc1. The van der Waals surface area contributed by atoms with Gasteiger partial charge in [-0.2, -0.15) is 21.6 Å². The van der Waals surface area contributed by atoms with Crippen LogP contribution in [0.2, 0.25) is 0 Å². The average Bonchev–Trinajstić information content (AvgIpc) is 2.78. The molecule has 5 nitrogen and oxygen atoms in total. The van der Waals surface area contributed by atoms with Crippen molar-refractivity contribution in [1.82, 2.24) is 9.80 Å². The molecule has 1 heterocycles. The second-order valence-electron chi connectivity index (χ2n) is 4.69. The highest BCUT2D eigenvalue weighted by Crippen LogP contribution is 2.30. The number of benzene rings is 1. The first-order valence-corrected chi connectivity index (χ1v) is 7.82. The van der Waals surface area contributed by atoms with E-state index in [2.05, 4.69) is 0 Å². The van der Waals surface area contributed by atoms with Crippen molar-refractivity contribution < 1.29 is 25.8 Å². The maximum atomic E-state index is 12.5. The molecule has 1 aliphatic heterocycles. The Bertz CT molecular complexity index is 656. The van der Waals surface area contributed by atoms with Crippen molar-refractivity contribution in [1.29, 1.82) is 0 Å². The predicted octanol–water partition coefficient (Wildman–Crippen LogP) is 2.43. The van der Waals surface area contributed by atoms with E-state index < -0.39 is 28.2 Å². The van der Waals surface area contributed by atoms with Gasteiger partial charge in [-0.25, -0.2) is 4.18 Å². The lowest BCUT2D eigenvalue weighted by Crippen LogP contribution is -2.40. The monoisotopic (exact) mass is 336 g/mol. The van der Waals surface area contributed by atoms with Crippen molar-refractivity contribution in [3.05, 3.63) is 42.2 Å². The number of hydrogen-bond donors (Lipinski definition) is 0. The van der Waals surface area contributed by atoms with Crippen LogP contribution in [0.4, 0.5) is 13.2 Å². The summed E-state index contributed by atoms with van der Waals surface area (Å²) in [5, 5.41) is 0. The van der Waals surface area contributed by atoms with Gasteiger partial charge in [0, 0.05) is 26.0 Å². The molecule has 1 aromatic rings. The molecule has 0 radical (unpaired) electrons. The maximum Gasteiger partial charge on any atom is 0.416 e. The summed E-state index contributed by atoms with van der Waals surface area (Å²) in [6.07, 6.45) is -2.04. The highest BCUT2D eigenvalue weighted by Gasteiger charge is 2.32. The van der Waals surface area contributed by atoms with Crippen molar-refractivity contribution in [3.8, 4) is 0 Å². The van der Waals surface area contributed by atoms with Crippen molar-refractivity contribution in [2.24, 2.45) is 0 Å². The van der Waals surface area contributed by atoms with E-state index in [9.17, 15) is 21.6 Å². The van der Waals surface area contributed by atoms with Gasteiger partial charge in [-0.05, 0) is 31.2 Å². The fourth-order valence-corrected chi connectivity index (χ4v) is 2.99. The zero-order chi connectivity index (χ0) is 16.5. The predicted molar refractivity (Wildman–Crippen MR) is 72.8 cm³/mol. The van der Waals surface area contributed by atoms with Crippen LogP contribution in [0.1, 0.15) is 12.5 Å². The van der Waals surface area contributed by atoms with Gasteiger partial charge in [-0.15, -0.1) is 0 Å². The Labute approximate surface area is 126 Å². The third-order valence-electron chi connectivity index (χ3n) is 3.17. The zero-order valence-electron chi connectivity index (χ0n) is 11.9. The number of nitrogens with zero attached hydrogens (tertiary/aromatic N) is 2. The smallest absolute Gasteiger partial charge is 0.336 e. The van der Waals surface area contributed by atoms with E-state index in [4.69, 9.17) is 4.18 Å². The second-order valence-corrected chi connectivity index (χ2v) is 6.26. The minimum Gasteiger partial charge on any atom is -0.336 e. The number of rotatable bonds is 4. The van der Waals surface area contributed by atoms with Gasteiger partial charge >= 0.3 is 6.18 Å². The molecule has 0 amide bonds. The lowest BCUT2D eigenvalue weighted by atomic mass is 10.2. The van der Waals surface area contributed by atoms with E-state index in [0.29, 0.717) is 18.7 Å². The van der Waals surface area contributed by atoms with Crippen molar-refractivity contribution in [2.75, 3.05) is 13.6 Å². The van der Waals surface area contributed by atoms with E-state index in [1.807, 2.05) is 6.92 Å². The molecular weight excluding hydrogens is 321 g/mol. The normalized spacial score (nSPS) is 19.0. The summed E-state index contributed by atoms with van der Waals surface area (Å²) < 4.78 is 66.9. The molecule has 1 aromatic carbocycles. The molecule has 0 saturated heterocycles. The number of alkyl halides is 3. The lowest BCUT2D eigenvalue weighted by Gasteiger charge is -2.28. The molecule has 9 heteroatoms. The summed E-state index contributed by atoms with van der Waals surface area (Å²) >= 11 is 0. The molecule has 0 spiro atoms. The Morgan fingerprint density at radius 3 is 2.27 bits per heavy atom. The minimum absolute atomic E-state index is 0.322. The third-order valence-corrected chi connectivity index (χ3v) is 4.45. The highest BCUT2D eigenvalue weighted by atomic mass is 32.2. The quantitative estimate of drug-likeness (QED) is 0.791. The highest BCUT2D eigenvalue weighted by molar-refractivity contribution is 7.86. The molecule has 2 rings (SSSR count). The average molecular weight is 336 g/mol. The molecular formula is C13H15F3N2O3S. The minimum atomic E-state index is -4.52. The summed E-state index contributed by atoms with van der Waals surface area (Å²) in [6.45, 7) is 2.35. The van der Waals surface area contributed by atoms with Crippen molar-refractivity contribution >= 4 is 10.1 Å². The first-order valence-electron chi connectivity index (χ1n) is 6.41. The summed E-state index contributed by atoms with van der Waals surface area (Å²) in [5.41, 5.74) is -0.915. The van der Waals surface area contributed by atoms with Gasteiger partial charge in [-0.1, -0.05) is 0 Å². The molecule has 0 aliphatic carbocycles. The van der Waals surface area contributed by atoms with Crippen molar-refractivity contribution in [2.45, 2.75) is 24.3 Å². The topological polar surface area (TPSA) is 49.9 Å². The third kappa shape index (κ3) is 3.36. The van der Waals surface area contributed by atoms with Gasteiger partial charge in [0.2, 0.25) is 6.35 Å². The maximum absolute atomic E-state index is 12.5. The van der Waals surface area contributed by atoms with Crippen LogP contribution in [0.25, 0.3) is 0 Å². The zero-order valence-corrected chi connectivity index (χ0v) is 12.7. The molecule has 1 aliphatic rings. The summed E-state index contributed by atoms with van der Waals surface area (Å²) in [7, 11) is -2.53. The Kier molecular flexibility index (Phi) is 4.39. The van der Waals surface area contributed by atoms with Gasteiger partial charge in [-0.3, -0.25) is 0 Å². The van der Waals surface area contributed by atoms with Crippen LogP contribution in [0.3, 0.4) is 0 Å². The molecule has 1 atom stereocenters. The molecule has 0 bridgehead atoms. The Morgan fingerprint density at radius 1 is 1.18 bits per heavy atom. The van der Waals surface area contributed by atoms with E-state index in [0.717, 1.165) is 12.1 Å². The Morgan fingerprint density at radius 2 is 1.77 bits per heavy atom. The molecule has 0 fully saturated rings. The van der Waals surface area contributed by atoms with Gasteiger partial charge in [0.05, 0.1) is 10.5 Å². The van der Waals surface area contributed by atoms with Gasteiger partial charge in [0.25, 0.3) is 10.1 Å². The first kappa shape index (κ1) is 16.6. The van der Waals surface area contributed by atoms with E-state index >= 15 is 0 Å². The summed E-state index contributed by atoms with van der Waals surface area (Å²) in [4.78, 5) is 2.86. The number of hydrogen-bond acceptors (Lipinski definition) is 5. The van der Waals surface area contributed by atoms with Crippen LogP contribution in [-0.2, 0) is 20.5 Å². The largest absolute Gasteiger partial charge is 0.416 e. The molecule has 0 saturated carbocycles. The lowest BCUT2D eigenvalue weighted by molar-refractivity contribution is -0.137. The first-order chi connectivity index (χ1) is 10.1. The van der Waals surface area contributed by atoms with E-state index in [1.165, 1.54) is 0 Å². The van der Waals surface area contributed by atoms with Crippen LogP contribution in [-0.4, -0.2) is 38.2 Å². The van der Waals surface area contributed by atoms with Crippen LogP contribution in [0.5, 0.6) is 0 Å². The van der Waals surface area contributed by atoms with Gasteiger partial charge in [0.1, 0.15) is 0 Å². The Hall–Kier alpha value is -1.74. The second kappa shape index (κ2) is 5.81. The molecule has 0 N–H and O–H groups in total. The summed E-state index contributed by atoms with van der Waals surface area (Å²) in [5.74, 6) is 0. The molecule has 122 valence electrons. The van der Waals surface area contributed by atoms with Gasteiger partial charge in [0.15, 0.2) is 0 Å². The fourth-order valence-electron chi connectivity index (χ4n) is 1.94.